The second-order valence-electron chi connectivity index (χ2n) is 5.90. The summed E-state index contributed by atoms with van der Waals surface area (Å²) in [7, 11) is 0. The zero-order valence-electron chi connectivity index (χ0n) is 12.7. The predicted octanol–water partition coefficient (Wildman–Crippen LogP) is 5.66. The lowest BCUT2D eigenvalue weighted by atomic mass is 9.51. The third-order valence-electron chi connectivity index (χ3n) is 5.15. The van der Waals surface area contributed by atoms with Gasteiger partial charge in [-0.1, -0.05) is 50.0 Å². The Morgan fingerprint density at radius 3 is 2.45 bits per heavy atom. The molecule has 2 unspecified atom stereocenters. The fourth-order valence-electron chi connectivity index (χ4n) is 3.85. The molecule has 0 aromatic heterocycles. The van der Waals surface area contributed by atoms with Crippen LogP contribution in [0.4, 0.5) is 0 Å². The third-order valence-corrected chi connectivity index (χ3v) is 5.72. The number of hydrogen-bond donors (Lipinski definition) is 1. The topological polar surface area (TPSA) is 12.0 Å². The number of rotatable bonds is 6. The number of halogens is 2. The maximum absolute atomic E-state index is 6.43. The van der Waals surface area contributed by atoms with Crippen molar-refractivity contribution in [2.24, 2.45) is 5.41 Å². The van der Waals surface area contributed by atoms with E-state index in [0.717, 1.165) is 16.6 Å². The van der Waals surface area contributed by atoms with E-state index in [2.05, 4.69) is 32.2 Å². The van der Waals surface area contributed by atoms with Crippen molar-refractivity contribution in [3.63, 3.8) is 0 Å². The smallest absolute Gasteiger partial charge is 0.0455 e. The Hall–Kier alpha value is -0.240. The van der Waals surface area contributed by atoms with Gasteiger partial charge in [0.1, 0.15) is 0 Å². The molecule has 112 valence electrons. The highest BCUT2D eigenvalue weighted by Gasteiger charge is 2.52. The van der Waals surface area contributed by atoms with Gasteiger partial charge in [0.15, 0.2) is 0 Å². The van der Waals surface area contributed by atoms with E-state index in [4.69, 9.17) is 23.2 Å². The molecule has 2 rings (SSSR count). The predicted molar refractivity (Wildman–Crippen MR) is 88.9 cm³/mol. The van der Waals surface area contributed by atoms with Gasteiger partial charge in [0.05, 0.1) is 0 Å². The Morgan fingerprint density at radius 1 is 1.20 bits per heavy atom. The van der Waals surface area contributed by atoms with Gasteiger partial charge in [-0.05, 0) is 61.3 Å². The van der Waals surface area contributed by atoms with Crippen molar-refractivity contribution in [1.82, 2.24) is 5.32 Å². The molecule has 3 heteroatoms. The van der Waals surface area contributed by atoms with Gasteiger partial charge in [-0.3, -0.25) is 0 Å². The normalized spacial score (nSPS) is 24.4. The standard InChI is InChI=1S/C17H25Cl2N/c1-4-9-20-16-11-14(17(16,5-2)6-3)13-8-7-12(18)10-15(13)19/h7-8,10,14,16,20H,4-6,9,11H2,1-3H3. The van der Waals surface area contributed by atoms with Crippen molar-refractivity contribution in [3.8, 4) is 0 Å². The van der Waals surface area contributed by atoms with Crippen LogP contribution in [0.25, 0.3) is 0 Å². The third kappa shape index (κ3) is 2.73. The molecule has 20 heavy (non-hydrogen) atoms. The molecule has 0 amide bonds. The van der Waals surface area contributed by atoms with E-state index in [-0.39, 0.29) is 0 Å². The van der Waals surface area contributed by atoms with Crippen molar-refractivity contribution in [1.29, 1.82) is 0 Å². The van der Waals surface area contributed by atoms with Gasteiger partial charge < -0.3 is 5.32 Å². The molecular weight excluding hydrogens is 289 g/mol. The first kappa shape index (κ1) is 16.1. The van der Waals surface area contributed by atoms with Gasteiger partial charge in [-0.25, -0.2) is 0 Å². The van der Waals surface area contributed by atoms with Crippen molar-refractivity contribution >= 4 is 23.2 Å². The summed E-state index contributed by atoms with van der Waals surface area (Å²) in [6, 6.07) is 6.58. The van der Waals surface area contributed by atoms with Crippen LogP contribution in [0.2, 0.25) is 10.0 Å². The molecular formula is C17H25Cl2N. The van der Waals surface area contributed by atoms with Crippen LogP contribution >= 0.6 is 23.2 Å². The average Bonchev–Trinajstić information content (AvgIpc) is 2.41. The minimum atomic E-state index is 0.340. The Balaban J connectivity index is 2.24. The van der Waals surface area contributed by atoms with Crippen molar-refractivity contribution in [3.05, 3.63) is 33.8 Å². The molecule has 1 nitrogen and oxygen atoms in total. The van der Waals surface area contributed by atoms with Crippen LogP contribution in [0, 0.1) is 5.41 Å². The first-order chi connectivity index (χ1) is 9.58. The SMILES string of the molecule is CCCNC1CC(c2ccc(Cl)cc2Cl)C1(CC)CC. The molecule has 0 bridgehead atoms. The number of hydrogen-bond acceptors (Lipinski definition) is 1. The molecule has 0 heterocycles. The molecule has 1 N–H and O–H groups in total. The molecule has 2 atom stereocenters. The van der Waals surface area contributed by atoms with E-state index >= 15 is 0 Å². The van der Waals surface area contributed by atoms with Crippen molar-refractivity contribution < 1.29 is 0 Å². The van der Waals surface area contributed by atoms with E-state index in [9.17, 15) is 0 Å². The molecule has 1 aliphatic rings. The van der Waals surface area contributed by atoms with E-state index < -0.39 is 0 Å². The Labute approximate surface area is 133 Å². The van der Waals surface area contributed by atoms with Crippen LogP contribution in [0.3, 0.4) is 0 Å². The van der Waals surface area contributed by atoms with Crippen LogP contribution in [0.1, 0.15) is 57.9 Å². The largest absolute Gasteiger partial charge is 0.313 e. The van der Waals surface area contributed by atoms with Gasteiger partial charge in [0, 0.05) is 16.1 Å². The van der Waals surface area contributed by atoms with Gasteiger partial charge in [-0.2, -0.15) is 0 Å². The second-order valence-corrected chi connectivity index (χ2v) is 6.74. The number of benzene rings is 1. The fraction of sp³-hybridized carbons (Fsp3) is 0.647. The minimum Gasteiger partial charge on any atom is -0.313 e. The van der Waals surface area contributed by atoms with Crippen molar-refractivity contribution in [2.45, 2.75) is 58.4 Å². The van der Waals surface area contributed by atoms with Crippen LogP contribution in [0.5, 0.6) is 0 Å². The summed E-state index contributed by atoms with van der Waals surface area (Å²) in [5, 5.41) is 5.26. The van der Waals surface area contributed by atoms with Gasteiger partial charge in [0.25, 0.3) is 0 Å². The highest BCUT2D eigenvalue weighted by Crippen LogP contribution is 2.58. The highest BCUT2D eigenvalue weighted by molar-refractivity contribution is 6.35. The highest BCUT2D eigenvalue weighted by atomic mass is 35.5. The monoisotopic (exact) mass is 313 g/mol. The molecule has 1 aliphatic carbocycles. The van der Waals surface area contributed by atoms with Gasteiger partial charge in [-0.15, -0.1) is 0 Å². The molecule has 1 aromatic carbocycles. The lowest BCUT2D eigenvalue weighted by Gasteiger charge is -2.57. The van der Waals surface area contributed by atoms with E-state index in [1.54, 1.807) is 0 Å². The maximum Gasteiger partial charge on any atom is 0.0455 e. The van der Waals surface area contributed by atoms with E-state index in [1.165, 1.54) is 31.2 Å². The minimum absolute atomic E-state index is 0.340. The molecule has 0 aliphatic heterocycles. The first-order valence-electron chi connectivity index (χ1n) is 7.77. The lowest BCUT2D eigenvalue weighted by Crippen LogP contribution is -2.58. The van der Waals surface area contributed by atoms with Crippen LogP contribution in [-0.4, -0.2) is 12.6 Å². The Morgan fingerprint density at radius 2 is 1.90 bits per heavy atom. The first-order valence-corrected chi connectivity index (χ1v) is 8.53. The molecule has 0 radical (unpaired) electrons. The van der Waals surface area contributed by atoms with E-state index in [1.807, 2.05) is 12.1 Å². The number of nitrogens with one attached hydrogen (secondary N) is 1. The summed E-state index contributed by atoms with van der Waals surface area (Å²) >= 11 is 12.4. The molecule has 1 saturated carbocycles. The van der Waals surface area contributed by atoms with Crippen LogP contribution in [-0.2, 0) is 0 Å². The zero-order chi connectivity index (χ0) is 14.8. The fourth-order valence-corrected chi connectivity index (χ4v) is 4.39. The van der Waals surface area contributed by atoms with Gasteiger partial charge >= 0.3 is 0 Å². The molecule has 1 fully saturated rings. The summed E-state index contributed by atoms with van der Waals surface area (Å²) in [5.74, 6) is 0.552. The average molecular weight is 314 g/mol. The Kier molecular flexibility index (Phi) is 5.39. The second kappa shape index (κ2) is 6.68. The summed E-state index contributed by atoms with van der Waals surface area (Å²) in [5.41, 5.74) is 1.61. The lowest BCUT2D eigenvalue weighted by molar-refractivity contribution is 0.0202. The van der Waals surface area contributed by atoms with Crippen molar-refractivity contribution in [2.75, 3.05) is 6.54 Å². The zero-order valence-corrected chi connectivity index (χ0v) is 14.2. The summed E-state index contributed by atoms with van der Waals surface area (Å²) in [6.07, 6.45) is 4.75. The molecule has 0 saturated heterocycles. The van der Waals surface area contributed by atoms with Crippen LogP contribution < -0.4 is 5.32 Å². The Bertz CT molecular complexity index is 454. The summed E-state index contributed by atoms with van der Waals surface area (Å²) in [4.78, 5) is 0. The summed E-state index contributed by atoms with van der Waals surface area (Å²) < 4.78 is 0. The maximum atomic E-state index is 6.43. The van der Waals surface area contributed by atoms with Crippen LogP contribution in [0.15, 0.2) is 18.2 Å². The molecule has 1 aromatic rings. The summed E-state index contributed by atoms with van der Waals surface area (Å²) in [6.45, 7) is 7.94. The quantitative estimate of drug-likeness (QED) is 0.715. The molecule has 0 spiro atoms. The van der Waals surface area contributed by atoms with Gasteiger partial charge in [0.2, 0.25) is 0 Å². The van der Waals surface area contributed by atoms with E-state index in [0.29, 0.717) is 17.4 Å².